The highest BCUT2D eigenvalue weighted by Gasteiger charge is 2.24. The molecule has 1 atom stereocenters. The largest absolute Gasteiger partial charge is 0.480 e. The second kappa shape index (κ2) is 6.52. The van der Waals surface area contributed by atoms with Crippen molar-refractivity contribution >= 4 is 21.9 Å². The molecule has 5 nitrogen and oxygen atoms in total. The van der Waals surface area contributed by atoms with Gasteiger partial charge in [0.15, 0.2) is 0 Å². The van der Waals surface area contributed by atoms with Crippen LogP contribution in [0.25, 0.3) is 0 Å². The first-order chi connectivity index (χ1) is 9.10. The van der Waals surface area contributed by atoms with E-state index in [1.54, 1.807) is 13.3 Å². The second-order valence-electron chi connectivity index (χ2n) is 5.18. The monoisotopic (exact) mass is 328 g/mol. The zero-order valence-electron chi connectivity index (χ0n) is 11.7. The van der Waals surface area contributed by atoms with Gasteiger partial charge in [-0.25, -0.2) is 4.98 Å². The zero-order chi connectivity index (χ0) is 13.8. The van der Waals surface area contributed by atoms with Gasteiger partial charge in [0, 0.05) is 19.1 Å². The summed E-state index contributed by atoms with van der Waals surface area (Å²) in [6.07, 6.45) is 2.95. The SMILES string of the molecule is COc1nc(NCC2CCN(C(C)C)C2)ncc1Br. The molecule has 0 amide bonds. The number of nitrogens with one attached hydrogen (secondary N) is 1. The summed E-state index contributed by atoms with van der Waals surface area (Å²) >= 11 is 3.35. The van der Waals surface area contributed by atoms with E-state index < -0.39 is 0 Å². The van der Waals surface area contributed by atoms with E-state index in [4.69, 9.17) is 4.74 Å². The van der Waals surface area contributed by atoms with E-state index in [1.807, 2.05) is 0 Å². The molecule has 19 heavy (non-hydrogen) atoms. The zero-order valence-corrected chi connectivity index (χ0v) is 13.3. The first kappa shape index (κ1) is 14.5. The van der Waals surface area contributed by atoms with Crippen LogP contribution in [0.2, 0.25) is 0 Å². The van der Waals surface area contributed by atoms with Crippen molar-refractivity contribution in [3.05, 3.63) is 10.7 Å². The molecular weight excluding hydrogens is 308 g/mol. The normalized spacial score (nSPS) is 19.9. The standard InChI is InChI=1S/C13H21BrN4O/c1-9(2)18-5-4-10(8-18)6-15-13-16-7-11(14)12(17-13)19-3/h7,9-10H,4-6,8H2,1-3H3,(H,15,16,17). The number of hydrogen-bond donors (Lipinski definition) is 1. The van der Waals surface area contributed by atoms with E-state index in [0.717, 1.165) is 17.6 Å². The van der Waals surface area contributed by atoms with Gasteiger partial charge < -0.3 is 15.0 Å². The Kier molecular flexibility index (Phi) is 4.99. The lowest BCUT2D eigenvalue weighted by atomic mass is 10.1. The summed E-state index contributed by atoms with van der Waals surface area (Å²) in [5, 5.41) is 3.30. The molecule has 1 aromatic heterocycles. The van der Waals surface area contributed by atoms with Gasteiger partial charge in [-0.1, -0.05) is 0 Å². The third kappa shape index (κ3) is 3.79. The number of ether oxygens (including phenoxy) is 1. The minimum absolute atomic E-state index is 0.563. The molecule has 0 saturated carbocycles. The van der Waals surface area contributed by atoms with Crippen LogP contribution >= 0.6 is 15.9 Å². The van der Waals surface area contributed by atoms with Crippen LogP contribution in [-0.2, 0) is 0 Å². The summed E-state index contributed by atoms with van der Waals surface area (Å²) in [5.41, 5.74) is 0. The van der Waals surface area contributed by atoms with Gasteiger partial charge in [-0.15, -0.1) is 0 Å². The quantitative estimate of drug-likeness (QED) is 0.899. The highest BCUT2D eigenvalue weighted by molar-refractivity contribution is 9.10. The average molecular weight is 329 g/mol. The summed E-state index contributed by atoms with van der Waals surface area (Å²) in [6.45, 7) is 7.75. The summed E-state index contributed by atoms with van der Waals surface area (Å²) in [5.74, 6) is 1.86. The fourth-order valence-corrected chi connectivity index (χ4v) is 2.67. The van der Waals surface area contributed by atoms with Gasteiger partial charge >= 0.3 is 0 Å². The smallest absolute Gasteiger partial charge is 0.232 e. The van der Waals surface area contributed by atoms with Crippen LogP contribution in [0, 0.1) is 5.92 Å². The molecule has 106 valence electrons. The number of likely N-dealkylation sites (tertiary alicyclic amines) is 1. The van der Waals surface area contributed by atoms with Crippen LogP contribution < -0.4 is 10.1 Å². The molecule has 1 N–H and O–H groups in total. The van der Waals surface area contributed by atoms with Gasteiger partial charge in [-0.3, -0.25) is 0 Å². The molecular formula is C13H21BrN4O. The lowest BCUT2D eigenvalue weighted by molar-refractivity contribution is 0.266. The molecule has 0 radical (unpaired) electrons. The van der Waals surface area contributed by atoms with Crippen molar-refractivity contribution in [1.29, 1.82) is 0 Å². The van der Waals surface area contributed by atoms with Crippen LogP contribution in [0.3, 0.4) is 0 Å². The summed E-state index contributed by atoms with van der Waals surface area (Å²) in [7, 11) is 1.61. The van der Waals surface area contributed by atoms with Crippen molar-refractivity contribution in [2.45, 2.75) is 26.3 Å². The Balaban J connectivity index is 1.86. The summed E-state index contributed by atoms with van der Waals surface area (Å²) < 4.78 is 5.93. The Morgan fingerprint density at radius 2 is 2.37 bits per heavy atom. The van der Waals surface area contributed by atoms with Crippen molar-refractivity contribution in [1.82, 2.24) is 14.9 Å². The maximum atomic E-state index is 5.16. The van der Waals surface area contributed by atoms with E-state index in [9.17, 15) is 0 Å². The number of methoxy groups -OCH3 is 1. The Hall–Kier alpha value is -0.880. The number of rotatable bonds is 5. The van der Waals surface area contributed by atoms with Gasteiger partial charge in [0.05, 0.1) is 17.8 Å². The van der Waals surface area contributed by atoms with E-state index in [2.05, 4.69) is 50.0 Å². The predicted molar refractivity (Wildman–Crippen MR) is 79.6 cm³/mol. The molecule has 6 heteroatoms. The Morgan fingerprint density at radius 3 is 3.00 bits per heavy atom. The second-order valence-corrected chi connectivity index (χ2v) is 6.03. The molecule has 1 aliphatic heterocycles. The Morgan fingerprint density at radius 1 is 1.58 bits per heavy atom. The molecule has 1 saturated heterocycles. The van der Waals surface area contributed by atoms with Crippen molar-refractivity contribution in [2.75, 3.05) is 32.1 Å². The van der Waals surface area contributed by atoms with Crippen LogP contribution in [-0.4, -0.2) is 47.7 Å². The molecule has 0 bridgehead atoms. The lowest BCUT2D eigenvalue weighted by Crippen LogP contribution is -2.29. The number of halogens is 1. The van der Waals surface area contributed by atoms with Crippen molar-refractivity contribution < 1.29 is 4.74 Å². The van der Waals surface area contributed by atoms with Gasteiger partial charge in [-0.05, 0) is 48.7 Å². The first-order valence-electron chi connectivity index (χ1n) is 6.64. The third-order valence-electron chi connectivity index (χ3n) is 3.50. The van der Waals surface area contributed by atoms with E-state index in [-0.39, 0.29) is 0 Å². The summed E-state index contributed by atoms with van der Waals surface area (Å²) in [4.78, 5) is 11.0. The van der Waals surface area contributed by atoms with E-state index >= 15 is 0 Å². The van der Waals surface area contributed by atoms with E-state index in [1.165, 1.54) is 13.0 Å². The maximum Gasteiger partial charge on any atom is 0.232 e. The Bertz CT molecular complexity index is 427. The molecule has 0 spiro atoms. The van der Waals surface area contributed by atoms with Crippen LogP contribution in [0.4, 0.5) is 5.95 Å². The average Bonchev–Trinajstić information content (AvgIpc) is 2.87. The summed E-state index contributed by atoms with van der Waals surface area (Å²) in [6, 6.07) is 0.633. The van der Waals surface area contributed by atoms with Gasteiger partial charge in [0.25, 0.3) is 0 Å². The lowest BCUT2D eigenvalue weighted by Gasteiger charge is -2.20. The first-order valence-corrected chi connectivity index (χ1v) is 7.44. The highest BCUT2D eigenvalue weighted by Crippen LogP contribution is 2.23. The molecule has 2 rings (SSSR count). The molecule has 0 aromatic carbocycles. The maximum absolute atomic E-state index is 5.16. The van der Waals surface area contributed by atoms with Gasteiger partial charge in [-0.2, -0.15) is 4.98 Å². The highest BCUT2D eigenvalue weighted by atomic mass is 79.9. The number of nitrogens with zero attached hydrogens (tertiary/aromatic N) is 3. The fraction of sp³-hybridized carbons (Fsp3) is 0.692. The minimum atomic E-state index is 0.563. The molecule has 1 aliphatic rings. The molecule has 2 heterocycles. The molecule has 1 aromatic rings. The van der Waals surface area contributed by atoms with Gasteiger partial charge in [0.2, 0.25) is 11.8 Å². The Labute approximate surface area is 122 Å². The number of aromatic nitrogens is 2. The van der Waals surface area contributed by atoms with Crippen molar-refractivity contribution in [2.24, 2.45) is 5.92 Å². The minimum Gasteiger partial charge on any atom is -0.480 e. The molecule has 1 unspecified atom stereocenters. The third-order valence-corrected chi connectivity index (χ3v) is 4.05. The topological polar surface area (TPSA) is 50.3 Å². The molecule has 0 aliphatic carbocycles. The van der Waals surface area contributed by atoms with Crippen LogP contribution in [0.1, 0.15) is 20.3 Å². The van der Waals surface area contributed by atoms with Gasteiger partial charge in [0.1, 0.15) is 0 Å². The number of hydrogen-bond acceptors (Lipinski definition) is 5. The van der Waals surface area contributed by atoms with E-state index in [0.29, 0.717) is 23.8 Å². The number of anilines is 1. The van der Waals surface area contributed by atoms with Crippen LogP contribution in [0.15, 0.2) is 10.7 Å². The fourth-order valence-electron chi connectivity index (χ4n) is 2.31. The van der Waals surface area contributed by atoms with Crippen molar-refractivity contribution in [3.63, 3.8) is 0 Å². The molecule has 1 fully saturated rings. The van der Waals surface area contributed by atoms with Crippen LogP contribution in [0.5, 0.6) is 5.88 Å². The predicted octanol–water partition coefficient (Wildman–Crippen LogP) is 2.39. The van der Waals surface area contributed by atoms with Crippen molar-refractivity contribution in [3.8, 4) is 5.88 Å².